The van der Waals surface area contributed by atoms with Gasteiger partial charge < -0.3 is 10.1 Å². The summed E-state index contributed by atoms with van der Waals surface area (Å²) in [5.74, 6) is -0.724. The van der Waals surface area contributed by atoms with Crippen LogP contribution in [0.3, 0.4) is 0 Å². The average Bonchev–Trinajstić information content (AvgIpc) is 2.40. The molecule has 0 bridgehead atoms. The van der Waals surface area contributed by atoms with Crippen LogP contribution in [0.2, 0.25) is 0 Å². The molecule has 0 saturated carbocycles. The van der Waals surface area contributed by atoms with Crippen LogP contribution in [0.25, 0.3) is 0 Å². The second-order valence-corrected chi connectivity index (χ2v) is 5.76. The molecule has 1 rings (SSSR count). The molecule has 20 heavy (non-hydrogen) atoms. The summed E-state index contributed by atoms with van der Waals surface area (Å²) >= 11 is 3.40. The summed E-state index contributed by atoms with van der Waals surface area (Å²) in [4.78, 5) is 24.3. The number of halogens is 1. The summed E-state index contributed by atoms with van der Waals surface area (Å²) in [7, 11) is 1.32. The number of amides is 1. The summed E-state index contributed by atoms with van der Waals surface area (Å²) in [5, 5.41) is 2.79. The van der Waals surface area contributed by atoms with Crippen LogP contribution in [0.4, 0.5) is 0 Å². The van der Waals surface area contributed by atoms with Gasteiger partial charge in [-0.15, -0.1) is 0 Å². The van der Waals surface area contributed by atoms with Gasteiger partial charge >= 0.3 is 5.97 Å². The fraction of sp³-hybridized carbons (Fsp3) is 0.467. The van der Waals surface area contributed by atoms with Crippen LogP contribution in [-0.4, -0.2) is 24.5 Å². The lowest BCUT2D eigenvalue weighted by Gasteiger charge is -2.27. The molecule has 0 aliphatic rings. The predicted molar refractivity (Wildman–Crippen MR) is 81.7 cm³/mol. The van der Waals surface area contributed by atoms with Crippen LogP contribution in [0.5, 0.6) is 0 Å². The van der Waals surface area contributed by atoms with Gasteiger partial charge in [-0.05, 0) is 47.8 Å². The van der Waals surface area contributed by atoms with Crippen molar-refractivity contribution < 1.29 is 14.3 Å². The molecule has 0 spiro atoms. The minimum absolute atomic E-state index is 0.290. The zero-order valence-electron chi connectivity index (χ0n) is 12.2. The number of aryl methyl sites for hydroxylation is 1. The van der Waals surface area contributed by atoms with Crippen LogP contribution in [-0.2, 0) is 9.53 Å². The number of methoxy groups -OCH3 is 1. The van der Waals surface area contributed by atoms with E-state index in [2.05, 4.69) is 21.2 Å². The third-order valence-corrected chi connectivity index (χ3v) is 4.26. The molecule has 0 heterocycles. The monoisotopic (exact) mass is 341 g/mol. The summed E-state index contributed by atoms with van der Waals surface area (Å²) in [6.07, 6.45) is 1.29. The number of nitrogens with one attached hydrogen (secondary N) is 1. The topological polar surface area (TPSA) is 55.4 Å². The van der Waals surface area contributed by atoms with E-state index in [1.165, 1.54) is 7.11 Å². The van der Waals surface area contributed by atoms with E-state index < -0.39 is 11.5 Å². The van der Waals surface area contributed by atoms with E-state index in [0.717, 1.165) is 16.5 Å². The Bertz CT molecular complexity index is 516. The van der Waals surface area contributed by atoms with Gasteiger partial charge in [-0.3, -0.25) is 4.79 Å². The predicted octanol–water partition coefficient (Wildman–Crippen LogP) is 3.22. The molecule has 0 aliphatic heterocycles. The van der Waals surface area contributed by atoms with Crippen molar-refractivity contribution in [3.05, 3.63) is 33.8 Å². The smallest absolute Gasteiger partial charge is 0.331 e. The van der Waals surface area contributed by atoms with Crippen molar-refractivity contribution in [1.82, 2.24) is 5.32 Å². The van der Waals surface area contributed by atoms with Crippen LogP contribution >= 0.6 is 15.9 Å². The highest BCUT2D eigenvalue weighted by atomic mass is 79.9. The van der Waals surface area contributed by atoms with Gasteiger partial charge in [0.05, 0.1) is 12.7 Å². The van der Waals surface area contributed by atoms with Crippen molar-refractivity contribution in [1.29, 1.82) is 0 Å². The number of hydrogen-bond donors (Lipinski definition) is 1. The molecule has 1 unspecified atom stereocenters. The highest BCUT2D eigenvalue weighted by molar-refractivity contribution is 9.10. The number of hydrogen-bond acceptors (Lipinski definition) is 3. The molecule has 1 aromatic carbocycles. The number of carbonyl (C=O) groups is 2. The largest absolute Gasteiger partial charge is 0.467 e. The minimum atomic E-state index is -1.01. The van der Waals surface area contributed by atoms with Crippen molar-refractivity contribution in [2.75, 3.05) is 7.11 Å². The lowest BCUT2D eigenvalue weighted by molar-refractivity contribution is -0.147. The van der Waals surface area contributed by atoms with Gasteiger partial charge in [0.25, 0.3) is 5.91 Å². The maximum atomic E-state index is 12.4. The van der Waals surface area contributed by atoms with Gasteiger partial charge in [-0.1, -0.05) is 25.5 Å². The second-order valence-electron chi connectivity index (χ2n) is 4.96. The van der Waals surface area contributed by atoms with E-state index in [1.54, 1.807) is 13.0 Å². The standard InChI is InChI=1S/C15H20BrNO3/c1-5-9-15(3,14(19)20-4)17-13(18)11-8-6-7-10(2)12(11)16/h6-8H,5,9H2,1-4H3,(H,17,18). The third-order valence-electron chi connectivity index (χ3n) is 3.21. The summed E-state index contributed by atoms with van der Waals surface area (Å²) in [6.45, 7) is 5.55. The molecule has 1 atom stereocenters. The summed E-state index contributed by atoms with van der Waals surface area (Å²) in [6, 6.07) is 5.44. The lowest BCUT2D eigenvalue weighted by Crippen LogP contribution is -2.52. The van der Waals surface area contributed by atoms with Crippen molar-refractivity contribution in [2.24, 2.45) is 0 Å². The maximum absolute atomic E-state index is 12.4. The molecule has 0 aliphatic carbocycles. The first kappa shape index (κ1) is 16.7. The zero-order valence-corrected chi connectivity index (χ0v) is 13.8. The molecular formula is C15H20BrNO3. The number of rotatable bonds is 5. The second kappa shape index (κ2) is 6.88. The molecule has 0 fully saturated rings. The Morgan fingerprint density at radius 3 is 2.60 bits per heavy atom. The van der Waals surface area contributed by atoms with Gasteiger partial charge in [0.1, 0.15) is 5.54 Å². The summed E-state index contributed by atoms with van der Waals surface area (Å²) < 4.78 is 5.53. The third kappa shape index (κ3) is 3.60. The Hall–Kier alpha value is -1.36. The quantitative estimate of drug-likeness (QED) is 0.836. The molecular weight excluding hydrogens is 322 g/mol. The first-order valence-electron chi connectivity index (χ1n) is 6.51. The van der Waals surface area contributed by atoms with Gasteiger partial charge in [0.2, 0.25) is 0 Å². The molecule has 0 saturated heterocycles. The fourth-order valence-corrected chi connectivity index (χ4v) is 2.53. The van der Waals surface area contributed by atoms with Gasteiger partial charge in [-0.25, -0.2) is 4.79 Å². The van der Waals surface area contributed by atoms with E-state index in [1.807, 2.05) is 26.0 Å². The normalized spacial score (nSPS) is 13.4. The van der Waals surface area contributed by atoms with E-state index in [0.29, 0.717) is 12.0 Å². The van der Waals surface area contributed by atoms with Gasteiger partial charge in [-0.2, -0.15) is 0 Å². The van der Waals surface area contributed by atoms with E-state index in [-0.39, 0.29) is 5.91 Å². The zero-order chi connectivity index (χ0) is 15.3. The molecule has 0 radical (unpaired) electrons. The Morgan fingerprint density at radius 2 is 2.05 bits per heavy atom. The number of carbonyl (C=O) groups excluding carboxylic acids is 2. The van der Waals surface area contributed by atoms with Crippen molar-refractivity contribution in [3.63, 3.8) is 0 Å². The van der Waals surface area contributed by atoms with Gasteiger partial charge in [0.15, 0.2) is 0 Å². The fourth-order valence-electron chi connectivity index (χ4n) is 2.08. The van der Waals surface area contributed by atoms with Crippen molar-refractivity contribution in [2.45, 2.75) is 39.2 Å². The number of benzene rings is 1. The first-order chi connectivity index (χ1) is 9.35. The van der Waals surface area contributed by atoms with Crippen LogP contribution < -0.4 is 5.32 Å². The Balaban J connectivity index is 3.03. The lowest BCUT2D eigenvalue weighted by atomic mass is 9.95. The van der Waals surface area contributed by atoms with Crippen LogP contribution in [0.1, 0.15) is 42.6 Å². The maximum Gasteiger partial charge on any atom is 0.331 e. The van der Waals surface area contributed by atoms with E-state index in [4.69, 9.17) is 4.74 Å². The van der Waals surface area contributed by atoms with E-state index in [9.17, 15) is 9.59 Å². The van der Waals surface area contributed by atoms with E-state index >= 15 is 0 Å². The van der Waals surface area contributed by atoms with Crippen LogP contribution in [0, 0.1) is 6.92 Å². The molecule has 4 nitrogen and oxygen atoms in total. The average molecular weight is 342 g/mol. The highest BCUT2D eigenvalue weighted by Crippen LogP contribution is 2.22. The number of ether oxygens (including phenoxy) is 1. The SMILES string of the molecule is CCCC(C)(NC(=O)c1cccc(C)c1Br)C(=O)OC. The molecule has 1 aromatic rings. The van der Waals surface area contributed by atoms with Crippen LogP contribution in [0.15, 0.2) is 22.7 Å². The van der Waals surface area contributed by atoms with Crippen molar-refractivity contribution in [3.8, 4) is 0 Å². The Labute approximate surface area is 128 Å². The molecule has 0 aromatic heterocycles. The Kier molecular flexibility index (Phi) is 5.74. The number of esters is 1. The minimum Gasteiger partial charge on any atom is -0.467 e. The first-order valence-corrected chi connectivity index (χ1v) is 7.31. The van der Waals surface area contributed by atoms with Crippen molar-refractivity contribution >= 4 is 27.8 Å². The Morgan fingerprint density at radius 1 is 1.40 bits per heavy atom. The van der Waals surface area contributed by atoms with Gasteiger partial charge in [0, 0.05) is 4.47 Å². The molecule has 1 N–H and O–H groups in total. The molecule has 110 valence electrons. The molecule has 5 heteroatoms. The summed E-state index contributed by atoms with van der Waals surface area (Å²) in [5.41, 5.74) is 0.466. The highest BCUT2D eigenvalue weighted by Gasteiger charge is 2.35. The molecule has 1 amide bonds.